The normalized spacial score (nSPS) is 17.4. The third-order valence-corrected chi connectivity index (χ3v) is 9.40. The van der Waals surface area contributed by atoms with Crippen LogP contribution >= 0.6 is 0 Å². The molecule has 1 aliphatic rings. The lowest BCUT2D eigenvalue weighted by Crippen LogP contribution is -2.37. The van der Waals surface area contributed by atoms with Crippen LogP contribution in [0.4, 0.5) is 0 Å². The molecular formula is C37H64O6. The summed E-state index contributed by atoms with van der Waals surface area (Å²) in [4.78, 5) is 20.1. The van der Waals surface area contributed by atoms with E-state index in [0.717, 1.165) is 72.3 Å². The third-order valence-electron chi connectivity index (χ3n) is 9.40. The van der Waals surface area contributed by atoms with Crippen LogP contribution < -0.4 is 4.74 Å². The number of aromatic hydroxyl groups is 1. The first-order chi connectivity index (χ1) is 20.2. The summed E-state index contributed by atoms with van der Waals surface area (Å²) in [6.45, 7) is 17.9. The minimum absolute atomic E-state index is 0.0712. The fourth-order valence-corrected chi connectivity index (χ4v) is 6.18. The Bertz CT molecular complexity index is 966. The standard InChI is InChI=1S/C29H50O2.C8H14O4/c1-20(2)12-9-13-21(3)14-10-15-22(4)16-11-18-29(8)19-17-26-25(7)27(30)23(5)24(6)28(26)31-29;9-7(10)5-3-1-2-4-6-8(11)12/h20-22,30H,9-19H2,1-8H3;1-6H2,(H,9,10)(H,11,12)/t21?,22?,29-;/m1./s1. The van der Waals surface area contributed by atoms with E-state index in [1.807, 2.05) is 13.8 Å². The molecule has 0 bridgehead atoms. The van der Waals surface area contributed by atoms with Gasteiger partial charge in [-0.25, -0.2) is 0 Å². The Morgan fingerprint density at radius 1 is 0.721 bits per heavy atom. The molecule has 0 amide bonds. The predicted octanol–water partition coefficient (Wildman–Crippen LogP) is 10.3. The number of carboxylic acids is 2. The monoisotopic (exact) mass is 604 g/mol. The van der Waals surface area contributed by atoms with Crippen molar-refractivity contribution in [3.05, 3.63) is 22.3 Å². The minimum Gasteiger partial charge on any atom is -0.507 e. The number of carbonyl (C=O) groups is 2. The zero-order valence-electron chi connectivity index (χ0n) is 28.8. The maximum absolute atomic E-state index is 10.4. The van der Waals surface area contributed by atoms with Crippen LogP contribution in [0.1, 0.15) is 160 Å². The fraction of sp³-hybridized carbons (Fsp3) is 0.784. The minimum atomic E-state index is -0.784. The van der Waals surface area contributed by atoms with Gasteiger partial charge in [0.25, 0.3) is 0 Å². The number of aliphatic carboxylic acids is 2. The zero-order valence-corrected chi connectivity index (χ0v) is 28.8. The van der Waals surface area contributed by atoms with Crippen molar-refractivity contribution in [2.75, 3.05) is 0 Å². The van der Waals surface area contributed by atoms with Crippen molar-refractivity contribution < 1.29 is 29.6 Å². The highest BCUT2D eigenvalue weighted by Crippen LogP contribution is 2.44. The zero-order chi connectivity index (χ0) is 32.6. The molecule has 0 spiro atoms. The predicted molar refractivity (Wildman–Crippen MR) is 177 cm³/mol. The van der Waals surface area contributed by atoms with Crippen LogP contribution in [-0.4, -0.2) is 32.9 Å². The van der Waals surface area contributed by atoms with E-state index >= 15 is 0 Å². The Kier molecular flexibility index (Phi) is 18.0. The number of fused-ring (bicyclic) bond motifs is 1. The first-order valence-corrected chi connectivity index (χ1v) is 17.1. The van der Waals surface area contributed by atoms with Gasteiger partial charge < -0.3 is 20.1 Å². The quantitative estimate of drug-likeness (QED) is 0.136. The third kappa shape index (κ3) is 15.4. The molecule has 0 radical (unpaired) electrons. The number of phenolic OH excluding ortho intramolecular Hbond substituents is 1. The molecule has 0 saturated heterocycles. The number of phenols is 1. The van der Waals surface area contributed by atoms with Gasteiger partial charge in [0.1, 0.15) is 17.1 Å². The molecular weight excluding hydrogens is 540 g/mol. The lowest BCUT2D eigenvalue weighted by molar-refractivity contribution is -0.138. The Morgan fingerprint density at radius 2 is 1.21 bits per heavy atom. The van der Waals surface area contributed by atoms with Crippen molar-refractivity contribution >= 4 is 11.9 Å². The molecule has 248 valence electrons. The second kappa shape index (κ2) is 19.9. The van der Waals surface area contributed by atoms with Gasteiger partial charge >= 0.3 is 11.9 Å². The number of rotatable bonds is 19. The molecule has 0 saturated carbocycles. The van der Waals surface area contributed by atoms with Gasteiger partial charge in [-0.3, -0.25) is 9.59 Å². The van der Waals surface area contributed by atoms with E-state index in [-0.39, 0.29) is 18.4 Å². The van der Waals surface area contributed by atoms with Gasteiger partial charge in [0.15, 0.2) is 0 Å². The van der Waals surface area contributed by atoms with Crippen LogP contribution in [0, 0.1) is 38.5 Å². The van der Waals surface area contributed by atoms with Gasteiger partial charge in [-0.05, 0) is 101 Å². The molecule has 1 aromatic rings. The Morgan fingerprint density at radius 3 is 1.70 bits per heavy atom. The lowest BCUT2D eigenvalue weighted by atomic mass is 9.84. The SMILES string of the molecule is Cc1c(C)c2c(c(C)c1O)CC[C@@](C)(CCCC(C)CCCC(C)CCCC(C)C)O2.O=C(O)CCCCCCC(=O)O. The highest BCUT2D eigenvalue weighted by atomic mass is 16.5. The van der Waals surface area contributed by atoms with Crippen LogP contribution in [0.5, 0.6) is 11.5 Å². The number of carboxylic acid groups (broad SMARTS) is 2. The number of unbranched alkanes of at least 4 members (excludes halogenated alkanes) is 3. The average molecular weight is 605 g/mol. The van der Waals surface area contributed by atoms with Crippen molar-refractivity contribution in [2.45, 2.75) is 170 Å². The van der Waals surface area contributed by atoms with Crippen molar-refractivity contribution in [2.24, 2.45) is 17.8 Å². The maximum atomic E-state index is 10.4. The first kappa shape index (κ1) is 38.8. The van der Waals surface area contributed by atoms with Crippen LogP contribution in [-0.2, 0) is 16.0 Å². The fourth-order valence-electron chi connectivity index (χ4n) is 6.18. The summed E-state index contributed by atoms with van der Waals surface area (Å²) in [6, 6.07) is 0. The van der Waals surface area contributed by atoms with Gasteiger partial charge in [0, 0.05) is 18.4 Å². The summed E-state index contributed by atoms with van der Waals surface area (Å²) >= 11 is 0. The lowest BCUT2D eigenvalue weighted by Gasteiger charge is -2.38. The number of ether oxygens (including phenoxy) is 1. The summed E-state index contributed by atoms with van der Waals surface area (Å²) in [5.41, 5.74) is 4.23. The molecule has 3 atom stereocenters. The number of hydrogen-bond donors (Lipinski definition) is 3. The summed E-state index contributed by atoms with van der Waals surface area (Å²) in [7, 11) is 0. The van der Waals surface area contributed by atoms with Crippen molar-refractivity contribution in [3.63, 3.8) is 0 Å². The van der Waals surface area contributed by atoms with E-state index in [4.69, 9.17) is 14.9 Å². The molecule has 0 aromatic heterocycles. The first-order valence-electron chi connectivity index (χ1n) is 17.1. The molecule has 0 fully saturated rings. The molecule has 2 unspecified atom stereocenters. The van der Waals surface area contributed by atoms with E-state index < -0.39 is 11.9 Å². The van der Waals surface area contributed by atoms with Crippen molar-refractivity contribution in [1.29, 1.82) is 0 Å². The van der Waals surface area contributed by atoms with Crippen LogP contribution in [0.2, 0.25) is 0 Å². The summed E-state index contributed by atoms with van der Waals surface area (Å²) in [5, 5.41) is 26.9. The van der Waals surface area contributed by atoms with E-state index in [1.54, 1.807) is 0 Å². The van der Waals surface area contributed by atoms with E-state index in [0.29, 0.717) is 18.6 Å². The summed E-state index contributed by atoms with van der Waals surface area (Å²) in [5.74, 6) is 2.47. The van der Waals surface area contributed by atoms with Gasteiger partial charge in [0.05, 0.1) is 0 Å². The van der Waals surface area contributed by atoms with Gasteiger partial charge in [-0.15, -0.1) is 0 Å². The summed E-state index contributed by atoms with van der Waals surface area (Å²) < 4.78 is 6.60. The molecule has 3 N–H and O–H groups in total. The smallest absolute Gasteiger partial charge is 0.303 e. The largest absolute Gasteiger partial charge is 0.507 e. The van der Waals surface area contributed by atoms with E-state index in [1.165, 1.54) is 56.9 Å². The van der Waals surface area contributed by atoms with Crippen LogP contribution in [0.25, 0.3) is 0 Å². The van der Waals surface area contributed by atoms with Crippen LogP contribution in [0.15, 0.2) is 0 Å². The Labute approximate surface area is 263 Å². The second-order valence-corrected chi connectivity index (χ2v) is 14.1. The molecule has 6 heteroatoms. The van der Waals surface area contributed by atoms with Gasteiger partial charge in [-0.2, -0.15) is 0 Å². The molecule has 1 aliphatic heterocycles. The molecule has 2 rings (SSSR count). The topological polar surface area (TPSA) is 104 Å². The molecule has 0 aliphatic carbocycles. The Balaban J connectivity index is 0.000000650. The van der Waals surface area contributed by atoms with E-state index in [2.05, 4.69) is 41.5 Å². The van der Waals surface area contributed by atoms with Crippen molar-refractivity contribution in [1.82, 2.24) is 0 Å². The van der Waals surface area contributed by atoms with Crippen molar-refractivity contribution in [3.8, 4) is 11.5 Å². The summed E-state index contributed by atoms with van der Waals surface area (Å²) in [6.07, 6.45) is 17.3. The van der Waals surface area contributed by atoms with Gasteiger partial charge in [-0.1, -0.05) is 85.5 Å². The highest BCUT2D eigenvalue weighted by Gasteiger charge is 2.34. The second-order valence-electron chi connectivity index (χ2n) is 14.1. The van der Waals surface area contributed by atoms with Gasteiger partial charge in [0.2, 0.25) is 0 Å². The number of benzene rings is 1. The molecule has 1 aromatic carbocycles. The Hall–Kier alpha value is -2.24. The molecule has 43 heavy (non-hydrogen) atoms. The van der Waals surface area contributed by atoms with E-state index in [9.17, 15) is 14.7 Å². The maximum Gasteiger partial charge on any atom is 0.303 e. The molecule has 6 nitrogen and oxygen atoms in total. The highest BCUT2D eigenvalue weighted by molar-refractivity contribution is 5.67. The number of hydrogen-bond acceptors (Lipinski definition) is 4. The average Bonchev–Trinajstić information content (AvgIpc) is 2.92. The van der Waals surface area contributed by atoms with Crippen LogP contribution in [0.3, 0.4) is 0 Å². The molecule has 1 heterocycles.